The summed E-state index contributed by atoms with van der Waals surface area (Å²) in [6, 6.07) is 8.82. The van der Waals surface area contributed by atoms with Gasteiger partial charge in [-0.3, -0.25) is 0 Å². The molecule has 5 rings (SSSR count). The van der Waals surface area contributed by atoms with Gasteiger partial charge in [-0.25, -0.2) is 0 Å². The lowest BCUT2D eigenvalue weighted by atomic mass is 9.61. The van der Waals surface area contributed by atoms with E-state index in [0.29, 0.717) is 17.8 Å². The van der Waals surface area contributed by atoms with Crippen LogP contribution >= 0.6 is 0 Å². The molecule has 5 heteroatoms. The maximum absolute atomic E-state index is 11.4. The van der Waals surface area contributed by atoms with E-state index in [-0.39, 0.29) is 33.1 Å². The number of allylic oxidation sites excluding steroid dienone is 4. The summed E-state index contributed by atoms with van der Waals surface area (Å²) >= 11 is 0. The van der Waals surface area contributed by atoms with E-state index in [0.717, 1.165) is 25.7 Å². The maximum atomic E-state index is 11.4. The highest BCUT2D eigenvalue weighted by atomic mass is 28.4. The second-order valence-electron chi connectivity index (χ2n) is 20.6. The number of hydrogen-bond acceptors (Lipinski definition) is 3. The molecule has 7 atom stereocenters. The predicted molar refractivity (Wildman–Crippen MR) is 223 cm³/mol. The quantitative estimate of drug-likeness (QED) is 0.192. The van der Waals surface area contributed by atoms with Gasteiger partial charge in [0.25, 0.3) is 0 Å². The molecule has 4 aliphatic carbocycles. The first-order valence-electron chi connectivity index (χ1n) is 20.4. The summed E-state index contributed by atoms with van der Waals surface area (Å²) in [5, 5.41) is 11.7. The maximum Gasteiger partial charge on any atom is 0.192 e. The Morgan fingerprint density at radius 2 is 1.49 bits per heavy atom. The first-order chi connectivity index (χ1) is 23.5. The summed E-state index contributed by atoms with van der Waals surface area (Å²) in [7, 11) is -3.95. The molecule has 0 aromatic heterocycles. The zero-order valence-corrected chi connectivity index (χ0v) is 36.9. The van der Waals surface area contributed by atoms with E-state index in [9.17, 15) is 5.11 Å². The zero-order valence-electron chi connectivity index (χ0n) is 34.9. The third kappa shape index (κ3) is 8.43. The number of hydrogen-bond donors (Lipinski definition) is 1. The van der Waals surface area contributed by atoms with Crippen LogP contribution in [-0.2, 0) is 14.3 Å². The topological polar surface area (TPSA) is 38.7 Å². The van der Waals surface area contributed by atoms with Gasteiger partial charge in [0, 0.05) is 11.8 Å². The molecular formula is C46H74O3Si2. The molecule has 0 heterocycles. The standard InChI is InChI=1S/C46H74O3Si2/c1-32-17-22-37(23-18-32)46(28-29-46)42(47)26-19-33(2)39-24-25-40-35(16-15-27-45(39,40)10)20-21-36-30-38(48-50(11,12)43(4,5)6)31-41(34(36)3)49-51(13,14)44(7,8)9/h17-23,26,33,38-42,47H,3,15-16,24-25,27-31H2,1-2,4-14H3/t33-,38-,39-,40+,41+,42-,45-/m1/s1. The van der Waals surface area contributed by atoms with E-state index in [1.165, 1.54) is 54.4 Å². The number of aliphatic hydroxyl groups excluding tert-OH is 1. The highest BCUT2D eigenvalue weighted by Gasteiger charge is 2.52. The van der Waals surface area contributed by atoms with Gasteiger partial charge in [0.2, 0.25) is 0 Å². The van der Waals surface area contributed by atoms with Gasteiger partial charge in [-0.15, -0.1) is 0 Å². The zero-order chi connectivity index (χ0) is 37.8. The SMILES string of the molecule is C=C1C(=CC=C2CCC[C@]3(C)[C@@H]([C@H](C)C=C[C@@H](O)C4(c5ccc(C)cc5)CC4)CC[C@@H]23)C[C@@H](O[Si](C)(C)C(C)(C)C)C[C@@H]1O[Si](C)(C)C(C)(C)C. The van der Waals surface area contributed by atoms with Crippen molar-refractivity contribution in [3.05, 3.63) is 83.0 Å². The predicted octanol–water partition coefficient (Wildman–Crippen LogP) is 12.8. The van der Waals surface area contributed by atoms with Crippen molar-refractivity contribution in [2.75, 3.05) is 0 Å². The summed E-state index contributed by atoms with van der Waals surface area (Å²) < 4.78 is 14.2. The summed E-state index contributed by atoms with van der Waals surface area (Å²) in [5.74, 6) is 1.69. The molecule has 4 fully saturated rings. The normalized spacial score (nSPS) is 31.7. The third-order valence-corrected chi connectivity index (χ3v) is 24.0. The monoisotopic (exact) mass is 731 g/mol. The molecule has 1 aromatic rings. The van der Waals surface area contributed by atoms with Gasteiger partial charge in [-0.2, -0.15) is 0 Å². The highest BCUT2D eigenvalue weighted by Crippen LogP contribution is 2.60. The van der Waals surface area contributed by atoms with Crippen LogP contribution in [0.2, 0.25) is 36.3 Å². The van der Waals surface area contributed by atoms with Crippen molar-refractivity contribution < 1.29 is 14.0 Å². The molecule has 0 amide bonds. The van der Waals surface area contributed by atoms with Gasteiger partial charge in [-0.05, 0) is 134 Å². The number of aryl methyl sites for hydroxylation is 1. The van der Waals surface area contributed by atoms with Gasteiger partial charge in [0.15, 0.2) is 16.6 Å². The summed E-state index contributed by atoms with van der Waals surface area (Å²) in [6.07, 6.45) is 19.4. The van der Waals surface area contributed by atoms with Crippen molar-refractivity contribution in [2.45, 2.75) is 180 Å². The van der Waals surface area contributed by atoms with Gasteiger partial charge in [0.05, 0.1) is 18.3 Å². The fourth-order valence-corrected chi connectivity index (χ4v) is 12.0. The van der Waals surface area contributed by atoms with Gasteiger partial charge >= 0.3 is 0 Å². The van der Waals surface area contributed by atoms with Gasteiger partial charge < -0.3 is 14.0 Å². The molecule has 1 N–H and O–H groups in total. The molecule has 0 spiro atoms. The van der Waals surface area contributed by atoms with Crippen molar-refractivity contribution in [2.24, 2.45) is 23.2 Å². The smallest absolute Gasteiger partial charge is 0.192 e. The minimum atomic E-state index is -2.00. The molecule has 0 saturated heterocycles. The van der Waals surface area contributed by atoms with Crippen LogP contribution in [0.4, 0.5) is 0 Å². The van der Waals surface area contributed by atoms with Crippen LogP contribution in [0.1, 0.15) is 124 Å². The number of aliphatic hydroxyl groups is 1. The second kappa shape index (κ2) is 14.6. The van der Waals surface area contributed by atoms with E-state index < -0.39 is 22.7 Å². The third-order valence-electron chi connectivity index (χ3n) is 15.0. The van der Waals surface area contributed by atoms with Crippen molar-refractivity contribution in [3.8, 4) is 0 Å². The fourth-order valence-electron chi connectivity index (χ4n) is 9.28. The minimum Gasteiger partial charge on any atom is -0.413 e. The van der Waals surface area contributed by atoms with Crippen LogP contribution in [0.15, 0.2) is 71.9 Å². The Hall–Kier alpha value is -1.51. The van der Waals surface area contributed by atoms with Crippen molar-refractivity contribution >= 4 is 16.6 Å². The van der Waals surface area contributed by atoms with E-state index in [1.54, 1.807) is 5.57 Å². The molecular weight excluding hydrogens is 657 g/mol. The van der Waals surface area contributed by atoms with Crippen molar-refractivity contribution in [1.82, 2.24) is 0 Å². The van der Waals surface area contributed by atoms with E-state index in [4.69, 9.17) is 15.4 Å². The Morgan fingerprint density at radius 1 is 0.882 bits per heavy atom. The Kier molecular flexibility index (Phi) is 11.7. The highest BCUT2D eigenvalue weighted by molar-refractivity contribution is 6.74. The van der Waals surface area contributed by atoms with E-state index >= 15 is 0 Å². The summed E-state index contributed by atoms with van der Waals surface area (Å²) in [4.78, 5) is 0. The average molecular weight is 731 g/mol. The molecule has 4 aliphatic rings. The molecule has 284 valence electrons. The lowest BCUT2D eigenvalue weighted by Gasteiger charge is -2.45. The molecule has 51 heavy (non-hydrogen) atoms. The number of rotatable bonds is 10. The Labute approximate surface area is 315 Å². The Morgan fingerprint density at radius 3 is 2.08 bits per heavy atom. The summed E-state index contributed by atoms with van der Waals surface area (Å²) in [6.45, 7) is 35.4. The lowest BCUT2D eigenvalue weighted by Crippen LogP contribution is -2.49. The molecule has 0 unspecified atom stereocenters. The molecule has 0 radical (unpaired) electrons. The van der Waals surface area contributed by atoms with Gasteiger partial charge in [-0.1, -0.05) is 122 Å². The molecule has 0 bridgehead atoms. The van der Waals surface area contributed by atoms with Gasteiger partial charge in [0.1, 0.15) is 0 Å². The molecule has 3 nitrogen and oxygen atoms in total. The molecule has 1 aromatic carbocycles. The largest absolute Gasteiger partial charge is 0.413 e. The lowest BCUT2D eigenvalue weighted by molar-refractivity contribution is 0.0969. The average Bonchev–Trinajstić information content (AvgIpc) is 3.75. The van der Waals surface area contributed by atoms with Crippen LogP contribution in [0.5, 0.6) is 0 Å². The van der Waals surface area contributed by atoms with Crippen LogP contribution in [0, 0.1) is 30.1 Å². The Bertz CT molecular complexity index is 1500. The molecule has 0 aliphatic heterocycles. The number of benzene rings is 1. The van der Waals surface area contributed by atoms with E-state index in [1.807, 2.05) is 0 Å². The minimum absolute atomic E-state index is 0.00955. The van der Waals surface area contributed by atoms with Crippen LogP contribution in [0.25, 0.3) is 0 Å². The van der Waals surface area contributed by atoms with Crippen molar-refractivity contribution in [1.29, 1.82) is 0 Å². The van der Waals surface area contributed by atoms with Crippen LogP contribution < -0.4 is 0 Å². The van der Waals surface area contributed by atoms with E-state index in [2.05, 4.69) is 137 Å². The van der Waals surface area contributed by atoms with Crippen LogP contribution in [0.3, 0.4) is 0 Å². The number of fused-ring (bicyclic) bond motifs is 1. The first-order valence-corrected chi connectivity index (χ1v) is 26.2. The Balaban J connectivity index is 1.34. The molecule has 4 saturated carbocycles. The second-order valence-corrected chi connectivity index (χ2v) is 30.1. The first kappa shape index (κ1) is 40.7. The fraction of sp³-hybridized carbons (Fsp3) is 0.696. The van der Waals surface area contributed by atoms with Crippen molar-refractivity contribution in [3.63, 3.8) is 0 Å². The summed E-state index contributed by atoms with van der Waals surface area (Å²) in [5.41, 5.74) is 6.90. The van der Waals surface area contributed by atoms with Crippen LogP contribution in [-0.4, -0.2) is 40.1 Å².